The number of carbonyl (C=O) groups is 1. The quantitative estimate of drug-likeness (QED) is 0.356. The molecule has 0 aromatic heterocycles. The van der Waals surface area contributed by atoms with E-state index in [4.69, 9.17) is 4.74 Å². The molecular formula is C5H8O3. The van der Waals surface area contributed by atoms with Crippen LogP contribution in [0, 0.1) is 0 Å². The minimum Gasteiger partial charge on any atom is -0.467 e. The first-order valence-corrected chi connectivity index (χ1v) is 2.41. The maximum absolute atomic E-state index is 10.5. The van der Waals surface area contributed by atoms with Crippen LogP contribution in [0.15, 0.2) is 0 Å². The van der Waals surface area contributed by atoms with Crippen LogP contribution in [0.4, 0.5) is 0 Å². The molecule has 1 atom stereocenters. The van der Waals surface area contributed by atoms with Gasteiger partial charge in [-0.1, -0.05) is 0 Å². The van der Waals surface area contributed by atoms with Gasteiger partial charge < -0.3 is 9.47 Å². The lowest BCUT2D eigenvalue weighted by molar-refractivity contribution is -0.146. The average molecular weight is 116 g/mol. The normalized spacial score (nSPS) is 34.2. The molecule has 3 heteroatoms. The molecule has 0 N–H and O–H groups in total. The number of hydrogen-bond acceptors (Lipinski definition) is 3. The van der Waals surface area contributed by atoms with Gasteiger partial charge in [-0.05, 0) is 6.92 Å². The summed E-state index contributed by atoms with van der Waals surface area (Å²) in [5, 5.41) is 0. The van der Waals surface area contributed by atoms with E-state index in [0.717, 1.165) is 0 Å². The molecule has 0 aromatic rings. The SMILES string of the molecule is COC(=O)[C@]1(C)CO1. The van der Waals surface area contributed by atoms with Gasteiger partial charge in [-0.15, -0.1) is 0 Å². The zero-order valence-electron chi connectivity index (χ0n) is 4.93. The number of rotatable bonds is 1. The largest absolute Gasteiger partial charge is 0.467 e. The minimum atomic E-state index is -0.602. The lowest BCUT2D eigenvalue weighted by Gasteiger charge is -1.98. The predicted molar refractivity (Wildman–Crippen MR) is 26.4 cm³/mol. The lowest BCUT2D eigenvalue weighted by atomic mass is 10.2. The maximum atomic E-state index is 10.5. The summed E-state index contributed by atoms with van der Waals surface area (Å²) in [5.74, 6) is -0.280. The Morgan fingerprint density at radius 1 is 1.88 bits per heavy atom. The number of esters is 1. The van der Waals surface area contributed by atoms with Gasteiger partial charge in [-0.25, -0.2) is 4.79 Å². The summed E-state index contributed by atoms with van der Waals surface area (Å²) >= 11 is 0. The molecule has 3 nitrogen and oxygen atoms in total. The monoisotopic (exact) mass is 116 g/mol. The van der Waals surface area contributed by atoms with E-state index >= 15 is 0 Å². The molecule has 0 aromatic carbocycles. The van der Waals surface area contributed by atoms with Gasteiger partial charge >= 0.3 is 5.97 Å². The molecule has 0 saturated carbocycles. The van der Waals surface area contributed by atoms with Crippen molar-refractivity contribution in [3.05, 3.63) is 0 Å². The average Bonchev–Trinajstić information content (AvgIpc) is 2.47. The van der Waals surface area contributed by atoms with E-state index < -0.39 is 5.60 Å². The van der Waals surface area contributed by atoms with Gasteiger partial charge in [0.1, 0.15) is 0 Å². The Labute approximate surface area is 47.6 Å². The number of hydrogen-bond donors (Lipinski definition) is 0. The molecule has 1 heterocycles. The highest BCUT2D eigenvalue weighted by molar-refractivity contribution is 5.81. The second kappa shape index (κ2) is 1.45. The van der Waals surface area contributed by atoms with Crippen molar-refractivity contribution in [1.82, 2.24) is 0 Å². The summed E-state index contributed by atoms with van der Waals surface area (Å²) in [6, 6.07) is 0. The van der Waals surface area contributed by atoms with E-state index in [1.165, 1.54) is 7.11 Å². The molecule has 1 aliphatic heterocycles. The third kappa shape index (κ3) is 0.690. The van der Waals surface area contributed by atoms with Crippen LogP contribution in [0.5, 0.6) is 0 Å². The fourth-order valence-corrected chi connectivity index (χ4v) is 0.442. The van der Waals surface area contributed by atoms with Crippen molar-refractivity contribution >= 4 is 5.97 Å². The number of methoxy groups -OCH3 is 1. The lowest BCUT2D eigenvalue weighted by Crippen LogP contribution is -2.21. The topological polar surface area (TPSA) is 38.8 Å². The molecule has 1 aliphatic rings. The van der Waals surface area contributed by atoms with Gasteiger partial charge in [0.2, 0.25) is 0 Å². The Balaban J connectivity index is 2.46. The predicted octanol–water partition coefficient (Wildman–Crippen LogP) is -0.0517. The van der Waals surface area contributed by atoms with Gasteiger partial charge in [0.15, 0.2) is 5.60 Å². The zero-order chi connectivity index (χ0) is 6.20. The van der Waals surface area contributed by atoms with E-state index in [1.807, 2.05) is 0 Å². The summed E-state index contributed by atoms with van der Waals surface area (Å²) in [6.45, 7) is 2.21. The molecule has 1 saturated heterocycles. The highest BCUT2D eigenvalue weighted by atomic mass is 16.6. The van der Waals surface area contributed by atoms with Gasteiger partial charge in [0.05, 0.1) is 13.7 Å². The minimum absolute atomic E-state index is 0.280. The maximum Gasteiger partial charge on any atom is 0.340 e. The smallest absolute Gasteiger partial charge is 0.340 e. The van der Waals surface area contributed by atoms with Crippen molar-refractivity contribution in [2.75, 3.05) is 13.7 Å². The van der Waals surface area contributed by atoms with E-state index in [-0.39, 0.29) is 5.97 Å². The van der Waals surface area contributed by atoms with E-state index in [9.17, 15) is 4.79 Å². The van der Waals surface area contributed by atoms with Crippen LogP contribution >= 0.6 is 0 Å². The molecule has 1 fully saturated rings. The molecule has 0 unspecified atom stereocenters. The van der Waals surface area contributed by atoms with Crippen molar-refractivity contribution in [2.45, 2.75) is 12.5 Å². The zero-order valence-corrected chi connectivity index (χ0v) is 4.93. The van der Waals surface area contributed by atoms with Crippen LogP contribution in [0.3, 0.4) is 0 Å². The third-order valence-electron chi connectivity index (χ3n) is 1.19. The molecule has 0 spiro atoms. The second-order valence-electron chi connectivity index (χ2n) is 2.01. The Hall–Kier alpha value is -0.570. The van der Waals surface area contributed by atoms with Crippen LogP contribution < -0.4 is 0 Å². The molecule has 0 bridgehead atoms. The molecule has 0 aliphatic carbocycles. The van der Waals surface area contributed by atoms with Gasteiger partial charge in [-0.2, -0.15) is 0 Å². The standard InChI is InChI=1S/C5H8O3/c1-5(3-8-5)4(6)7-2/h3H2,1-2H3/t5-/m0/s1. The third-order valence-corrected chi connectivity index (χ3v) is 1.19. The summed E-state index contributed by atoms with van der Waals surface area (Å²) in [6.07, 6.45) is 0. The van der Waals surface area contributed by atoms with Crippen molar-refractivity contribution < 1.29 is 14.3 Å². The number of epoxide rings is 1. The summed E-state index contributed by atoms with van der Waals surface area (Å²) in [4.78, 5) is 10.5. The van der Waals surface area contributed by atoms with Gasteiger partial charge in [0, 0.05) is 0 Å². The summed E-state index contributed by atoms with van der Waals surface area (Å²) in [5.41, 5.74) is -0.602. The van der Waals surface area contributed by atoms with E-state index in [2.05, 4.69) is 4.74 Å². The first-order chi connectivity index (χ1) is 3.69. The fourth-order valence-electron chi connectivity index (χ4n) is 0.442. The first-order valence-electron chi connectivity index (χ1n) is 2.41. The Morgan fingerprint density at radius 2 is 2.38 bits per heavy atom. The second-order valence-corrected chi connectivity index (χ2v) is 2.01. The molecule has 1 rings (SSSR count). The Kier molecular flexibility index (Phi) is 1.01. The molecular weight excluding hydrogens is 108 g/mol. The van der Waals surface area contributed by atoms with Crippen molar-refractivity contribution in [2.24, 2.45) is 0 Å². The van der Waals surface area contributed by atoms with Crippen LogP contribution in [0.25, 0.3) is 0 Å². The van der Waals surface area contributed by atoms with Gasteiger partial charge in [0.25, 0.3) is 0 Å². The van der Waals surface area contributed by atoms with Crippen molar-refractivity contribution in [3.8, 4) is 0 Å². The first kappa shape index (κ1) is 5.56. The molecule has 8 heavy (non-hydrogen) atoms. The van der Waals surface area contributed by atoms with Crippen LogP contribution in [-0.4, -0.2) is 25.3 Å². The van der Waals surface area contributed by atoms with E-state index in [0.29, 0.717) is 6.61 Å². The van der Waals surface area contributed by atoms with E-state index in [1.54, 1.807) is 6.92 Å². The van der Waals surface area contributed by atoms with Crippen LogP contribution in [0.1, 0.15) is 6.92 Å². The Bertz CT molecular complexity index is 115. The summed E-state index contributed by atoms with van der Waals surface area (Å²) in [7, 11) is 1.36. The highest BCUT2D eigenvalue weighted by Crippen LogP contribution is 2.26. The highest BCUT2D eigenvalue weighted by Gasteiger charge is 2.48. The van der Waals surface area contributed by atoms with Crippen molar-refractivity contribution in [3.63, 3.8) is 0 Å². The number of carbonyl (C=O) groups excluding carboxylic acids is 1. The Morgan fingerprint density at radius 3 is 2.50 bits per heavy atom. The fraction of sp³-hybridized carbons (Fsp3) is 0.800. The van der Waals surface area contributed by atoms with Crippen LogP contribution in [-0.2, 0) is 14.3 Å². The molecule has 0 radical (unpaired) electrons. The van der Waals surface area contributed by atoms with Crippen molar-refractivity contribution in [1.29, 1.82) is 0 Å². The molecule has 46 valence electrons. The number of ether oxygens (including phenoxy) is 2. The van der Waals surface area contributed by atoms with Crippen LogP contribution in [0.2, 0.25) is 0 Å². The summed E-state index contributed by atoms with van der Waals surface area (Å²) < 4.78 is 9.19. The molecule has 0 amide bonds. The van der Waals surface area contributed by atoms with Gasteiger partial charge in [-0.3, -0.25) is 0 Å².